The zero-order valence-corrected chi connectivity index (χ0v) is 23.1. The summed E-state index contributed by atoms with van der Waals surface area (Å²) in [6.45, 7) is 2.87. The van der Waals surface area contributed by atoms with Crippen molar-refractivity contribution >= 4 is 58.4 Å². The second kappa shape index (κ2) is 14.5. The molecule has 3 aromatic rings. The van der Waals surface area contributed by atoms with Crippen LogP contribution in [0.15, 0.2) is 77.7 Å². The molecule has 8 heteroatoms. The van der Waals surface area contributed by atoms with Crippen molar-refractivity contribution in [1.29, 1.82) is 0 Å². The average Bonchev–Trinajstić information content (AvgIpc) is 2.88. The third-order valence-electron chi connectivity index (χ3n) is 5.61. The van der Waals surface area contributed by atoms with E-state index in [4.69, 9.17) is 34.8 Å². The van der Waals surface area contributed by atoms with Crippen molar-refractivity contribution < 1.29 is 9.59 Å². The number of benzene rings is 3. The fraction of sp³-hybridized carbons (Fsp3) is 0.286. The molecule has 0 radical (unpaired) electrons. The van der Waals surface area contributed by atoms with Crippen LogP contribution in [-0.2, 0) is 22.6 Å². The maximum absolute atomic E-state index is 13.6. The highest BCUT2D eigenvalue weighted by Gasteiger charge is 2.30. The monoisotopic (exact) mass is 562 g/mol. The lowest BCUT2D eigenvalue weighted by Gasteiger charge is -2.31. The number of nitrogens with one attached hydrogen (secondary N) is 1. The summed E-state index contributed by atoms with van der Waals surface area (Å²) in [6, 6.07) is 21.7. The lowest BCUT2D eigenvalue weighted by Crippen LogP contribution is -2.51. The maximum Gasteiger partial charge on any atom is 0.243 e. The first kappa shape index (κ1) is 28.4. The van der Waals surface area contributed by atoms with Crippen LogP contribution < -0.4 is 5.32 Å². The molecule has 3 aromatic carbocycles. The van der Waals surface area contributed by atoms with Gasteiger partial charge in [0.25, 0.3) is 0 Å². The van der Waals surface area contributed by atoms with Gasteiger partial charge >= 0.3 is 0 Å². The Bertz CT molecular complexity index is 1140. The van der Waals surface area contributed by atoms with Gasteiger partial charge < -0.3 is 10.2 Å². The van der Waals surface area contributed by atoms with Crippen molar-refractivity contribution in [2.45, 2.75) is 43.7 Å². The van der Waals surface area contributed by atoms with E-state index in [0.29, 0.717) is 28.0 Å². The van der Waals surface area contributed by atoms with Crippen molar-refractivity contribution in [1.82, 2.24) is 10.2 Å². The van der Waals surface area contributed by atoms with Crippen LogP contribution in [0.1, 0.15) is 30.9 Å². The van der Waals surface area contributed by atoms with Gasteiger partial charge in [0.05, 0.1) is 15.8 Å². The summed E-state index contributed by atoms with van der Waals surface area (Å²) in [5.41, 5.74) is 1.78. The summed E-state index contributed by atoms with van der Waals surface area (Å²) in [5.74, 6) is -0.138. The number of carbonyl (C=O) groups excluding carboxylic acids is 2. The van der Waals surface area contributed by atoms with E-state index in [0.717, 1.165) is 28.9 Å². The van der Waals surface area contributed by atoms with E-state index in [-0.39, 0.29) is 24.1 Å². The molecule has 1 atom stereocenters. The van der Waals surface area contributed by atoms with Crippen LogP contribution in [0.25, 0.3) is 0 Å². The van der Waals surface area contributed by atoms with Gasteiger partial charge in [0.15, 0.2) is 0 Å². The molecule has 0 heterocycles. The van der Waals surface area contributed by atoms with Crippen molar-refractivity contribution in [3.63, 3.8) is 0 Å². The van der Waals surface area contributed by atoms with Crippen molar-refractivity contribution in [3.05, 3.63) is 99.0 Å². The third kappa shape index (κ3) is 8.74. The zero-order valence-electron chi connectivity index (χ0n) is 20.1. The minimum atomic E-state index is -0.683. The molecule has 4 nitrogen and oxygen atoms in total. The van der Waals surface area contributed by atoms with Gasteiger partial charge in [-0.25, -0.2) is 0 Å². The van der Waals surface area contributed by atoms with Crippen LogP contribution in [-0.4, -0.2) is 35.1 Å². The Morgan fingerprint density at radius 2 is 1.64 bits per heavy atom. The van der Waals surface area contributed by atoms with Gasteiger partial charge in [0.1, 0.15) is 6.04 Å². The normalized spacial score (nSPS) is 11.7. The molecule has 0 bridgehead atoms. The first-order chi connectivity index (χ1) is 17.4. The number of amides is 2. The lowest BCUT2D eigenvalue weighted by atomic mass is 10.0. The first-order valence-electron chi connectivity index (χ1n) is 11.8. The van der Waals surface area contributed by atoms with Crippen molar-refractivity contribution in [2.75, 3.05) is 12.3 Å². The van der Waals surface area contributed by atoms with Gasteiger partial charge in [0, 0.05) is 29.4 Å². The molecule has 2 amide bonds. The average molecular weight is 564 g/mol. The minimum Gasteiger partial charge on any atom is -0.354 e. The van der Waals surface area contributed by atoms with E-state index in [1.54, 1.807) is 29.2 Å². The number of hydrogen-bond acceptors (Lipinski definition) is 3. The largest absolute Gasteiger partial charge is 0.354 e. The van der Waals surface area contributed by atoms with Crippen LogP contribution in [0, 0.1) is 0 Å². The molecule has 3 rings (SSSR count). The van der Waals surface area contributed by atoms with Crippen molar-refractivity contribution in [3.8, 4) is 0 Å². The molecule has 0 saturated heterocycles. The molecule has 0 aliphatic heterocycles. The highest BCUT2D eigenvalue weighted by Crippen LogP contribution is 2.26. The molecule has 190 valence electrons. The summed E-state index contributed by atoms with van der Waals surface area (Å²) in [6.07, 6.45) is 2.24. The summed E-state index contributed by atoms with van der Waals surface area (Å²) in [7, 11) is 0. The highest BCUT2D eigenvalue weighted by atomic mass is 35.5. The molecule has 0 aliphatic carbocycles. The summed E-state index contributed by atoms with van der Waals surface area (Å²) in [5, 5.41) is 4.51. The Kier molecular flexibility index (Phi) is 11.5. The molecule has 1 N–H and O–H groups in total. The highest BCUT2D eigenvalue weighted by molar-refractivity contribution is 8.00. The number of thioether (sulfide) groups is 1. The summed E-state index contributed by atoms with van der Waals surface area (Å²) < 4.78 is 0. The van der Waals surface area contributed by atoms with E-state index >= 15 is 0 Å². The van der Waals surface area contributed by atoms with Crippen molar-refractivity contribution in [2.24, 2.45) is 0 Å². The van der Waals surface area contributed by atoms with Crippen LogP contribution in [0.2, 0.25) is 15.1 Å². The van der Waals surface area contributed by atoms with Gasteiger partial charge in [-0.2, -0.15) is 0 Å². The summed E-state index contributed by atoms with van der Waals surface area (Å²) >= 11 is 19.8. The summed E-state index contributed by atoms with van der Waals surface area (Å²) in [4.78, 5) is 29.6. The third-order valence-corrected chi connectivity index (χ3v) is 7.60. The number of carbonyl (C=O) groups is 2. The minimum absolute atomic E-state index is 0.146. The molecule has 0 fully saturated rings. The molecular weight excluding hydrogens is 535 g/mol. The Morgan fingerprint density at radius 1 is 0.917 bits per heavy atom. The molecule has 0 unspecified atom stereocenters. The van der Waals surface area contributed by atoms with Gasteiger partial charge in [-0.1, -0.05) is 84.5 Å². The van der Waals surface area contributed by atoms with Gasteiger partial charge in [-0.3, -0.25) is 9.59 Å². The Hall–Kier alpha value is -2.18. The Labute approximate surface area is 232 Å². The SMILES string of the molecule is CCCCNC(=O)[C@H](Cc1ccccc1)N(Cc1ccc(Cl)c(Cl)c1)C(=O)CSc1ccc(Cl)cc1. The van der Waals surface area contributed by atoms with E-state index in [9.17, 15) is 9.59 Å². The smallest absolute Gasteiger partial charge is 0.243 e. The molecule has 0 aromatic heterocycles. The molecular formula is C28H29Cl3N2O2S. The fourth-order valence-electron chi connectivity index (χ4n) is 3.65. The van der Waals surface area contributed by atoms with Crippen LogP contribution in [0.4, 0.5) is 0 Å². The first-order valence-corrected chi connectivity index (χ1v) is 13.9. The van der Waals surface area contributed by atoms with Crippen LogP contribution in [0.5, 0.6) is 0 Å². The second-order valence-electron chi connectivity index (χ2n) is 8.36. The maximum atomic E-state index is 13.6. The lowest BCUT2D eigenvalue weighted by molar-refractivity contribution is -0.139. The van der Waals surface area contributed by atoms with Gasteiger partial charge in [-0.05, 0) is 53.9 Å². The standard InChI is InChI=1S/C28H29Cl3N2O2S/c1-2-3-15-32-28(35)26(17-20-7-5-4-6-8-20)33(18-21-9-14-24(30)25(31)16-21)27(34)19-36-23-12-10-22(29)11-13-23/h4-14,16,26H,2-3,15,17-19H2,1H3,(H,32,35)/t26-/m0/s1. The fourth-order valence-corrected chi connectivity index (χ4v) is 4.88. The van der Waals surface area contributed by atoms with Gasteiger partial charge in [-0.15, -0.1) is 11.8 Å². The molecule has 0 aliphatic rings. The predicted molar refractivity (Wildman–Crippen MR) is 151 cm³/mol. The predicted octanol–water partition coefficient (Wildman–Crippen LogP) is 7.30. The number of unbranched alkanes of at least 4 members (excludes halogenated alkanes) is 1. The quantitative estimate of drug-likeness (QED) is 0.186. The molecule has 0 spiro atoms. The second-order valence-corrected chi connectivity index (χ2v) is 10.7. The van der Waals surface area contributed by atoms with Crippen LogP contribution in [0.3, 0.4) is 0 Å². The zero-order chi connectivity index (χ0) is 25.9. The van der Waals surface area contributed by atoms with E-state index in [2.05, 4.69) is 12.2 Å². The van der Waals surface area contributed by atoms with E-state index in [1.807, 2.05) is 48.5 Å². The Morgan fingerprint density at radius 3 is 2.31 bits per heavy atom. The Balaban J connectivity index is 1.89. The number of halogens is 3. The number of hydrogen-bond donors (Lipinski definition) is 1. The molecule has 36 heavy (non-hydrogen) atoms. The number of rotatable bonds is 12. The topological polar surface area (TPSA) is 49.4 Å². The van der Waals surface area contributed by atoms with E-state index < -0.39 is 6.04 Å². The van der Waals surface area contributed by atoms with Gasteiger partial charge in [0.2, 0.25) is 11.8 Å². The van der Waals surface area contributed by atoms with Crippen LogP contribution >= 0.6 is 46.6 Å². The molecule has 0 saturated carbocycles. The van der Waals surface area contributed by atoms with E-state index in [1.165, 1.54) is 11.8 Å². The number of nitrogens with zero attached hydrogens (tertiary/aromatic N) is 1.